The summed E-state index contributed by atoms with van der Waals surface area (Å²) in [6, 6.07) is 17.6. The van der Waals surface area contributed by atoms with Gasteiger partial charge in [-0.1, -0.05) is 36.4 Å². The highest BCUT2D eigenvalue weighted by Crippen LogP contribution is 2.23. The van der Waals surface area contributed by atoms with Gasteiger partial charge in [-0.3, -0.25) is 0 Å². The molecule has 1 atom stereocenters. The van der Waals surface area contributed by atoms with Crippen molar-refractivity contribution in [1.29, 1.82) is 0 Å². The molecule has 0 radical (unpaired) electrons. The first-order valence-electron chi connectivity index (χ1n) is 7.62. The number of hydrogen-bond donors (Lipinski definition) is 1. The van der Waals surface area contributed by atoms with Gasteiger partial charge in [0.2, 0.25) is 0 Å². The molecular weight excluding hydrogens is 258 g/mol. The Balaban J connectivity index is 2.08. The zero-order valence-electron chi connectivity index (χ0n) is 13.4. The molecule has 0 heterocycles. The van der Waals surface area contributed by atoms with Crippen LogP contribution in [0.25, 0.3) is 11.1 Å². The van der Waals surface area contributed by atoms with Crippen molar-refractivity contribution in [2.24, 2.45) is 0 Å². The van der Waals surface area contributed by atoms with E-state index in [1.165, 1.54) is 16.7 Å². The van der Waals surface area contributed by atoms with Gasteiger partial charge in [0.25, 0.3) is 0 Å². The van der Waals surface area contributed by atoms with Gasteiger partial charge in [0.15, 0.2) is 0 Å². The van der Waals surface area contributed by atoms with Gasteiger partial charge in [0.05, 0.1) is 6.10 Å². The van der Waals surface area contributed by atoms with Crippen LogP contribution in [0, 0.1) is 0 Å². The van der Waals surface area contributed by atoms with E-state index >= 15 is 0 Å². The summed E-state index contributed by atoms with van der Waals surface area (Å²) in [5.41, 5.74) is 3.83. The van der Waals surface area contributed by atoms with Crippen molar-refractivity contribution >= 4 is 0 Å². The molecule has 2 nitrogen and oxygen atoms in total. The molecule has 0 amide bonds. The standard InChI is InChI=1S/C19H25NO/c1-14(2)21-19-11-9-18(10-12-19)17-7-5-16(6-8-17)13-15(3)20-4/h5-12,14-15,20H,13H2,1-4H3. The van der Waals surface area contributed by atoms with Gasteiger partial charge in [-0.25, -0.2) is 0 Å². The summed E-state index contributed by atoms with van der Waals surface area (Å²) in [6.07, 6.45) is 1.27. The number of likely N-dealkylation sites (N-methyl/N-ethyl adjacent to an activating group) is 1. The molecule has 0 aliphatic carbocycles. The molecule has 0 aromatic heterocycles. The van der Waals surface area contributed by atoms with Crippen molar-refractivity contribution in [3.8, 4) is 16.9 Å². The molecule has 0 saturated heterocycles. The first kappa shape index (κ1) is 15.6. The lowest BCUT2D eigenvalue weighted by Crippen LogP contribution is -2.23. The van der Waals surface area contributed by atoms with Crippen LogP contribution in [0.15, 0.2) is 48.5 Å². The average molecular weight is 283 g/mol. The highest BCUT2D eigenvalue weighted by Gasteiger charge is 2.03. The van der Waals surface area contributed by atoms with Gasteiger partial charge >= 0.3 is 0 Å². The van der Waals surface area contributed by atoms with Gasteiger partial charge in [0, 0.05) is 6.04 Å². The summed E-state index contributed by atoms with van der Waals surface area (Å²) >= 11 is 0. The fourth-order valence-corrected chi connectivity index (χ4v) is 2.29. The molecule has 2 aromatic carbocycles. The molecular formula is C19H25NO. The lowest BCUT2D eigenvalue weighted by molar-refractivity contribution is 0.242. The number of rotatable bonds is 6. The zero-order valence-corrected chi connectivity index (χ0v) is 13.4. The van der Waals surface area contributed by atoms with E-state index in [1.807, 2.05) is 33.0 Å². The number of nitrogens with one attached hydrogen (secondary N) is 1. The Kier molecular flexibility index (Phi) is 5.40. The third-order valence-electron chi connectivity index (χ3n) is 3.55. The smallest absolute Gasteiger partial charge is 0.119 e. The van der Waals surface area contributed by atoms with Crippen molar-refractivity contribution in [1.82, 2.24) is 5.32 Å². The highest BCUT2D eigenvalue weighted by molar-refractivity contribution is 5.64. The van der Waals surface area contributed by atoms with Crippen molar-refractivity contribution in [3.05, 3.63) is 54.1 Å². The zero-order chi connectivity index (χ0) is 15.2. The van der Waals surface area contributed by atoms with Crippen molar-refractivity contribution in [3.63, 3.8) is 0 Å². The Morgan fingerprint density at radius 1 is 0.857 bits per heavy atom. The predicted molar refractivity (Wildman–Crippen MR) is 89.9 cm³/mol. The first-order valence-corrected chi connectivity index (χ1v) is 7.62. The van der Waals surface area contributed by atoms with Crippen LogP contribution in [-0.2, 0) is 6.42 Å². The van der Waals surface area contributed by atoms with Crippen molar-refractivity contribution < 1.29 is 4.74 Å². The van der Waals surface area contributed by atoms with Crippen LogP contribution in [0.3, 0.4) is 0 Å². The van der Waals surface area contributed by atoms with Gasteiger partial charge < -0.3 is 10.1 Å². The summed E-state index contributed by atoms with van der Waals surface area (Å²) in [5, 5.41) is 3.27. The largest absolute Gasteiger partial charge is 0.491 e. The molecule has 1 N–H and O–H groups in total. The van der Waals surface area contributed by atoms with E-state index in [2.05, 4.69) is 48.6 Å². The van der Waals surface area contributed by atoms with Crippen LogP contribution in [0.4, 0.5) is 0 Å². The van der Waals surface area contributed by atoms with Gasteiger partial charge in [-0.15, -0.1) is 0 Å². The molecule has 0 aliphatic rings. The molecule has 2 heteroatoms. The van der Waals surface area contributed by atoms with E-state index in [4.69, 9.17) is 4.74 Å². The topological polar surface area (TPSA) is 21.3 Å². The Labute approximate surface area is 128 Å². The fraction of sp³-hybridized carbons (Fsp3) is 0.368. The van der Waals surface area contributed by atoms with Crippen LogP contribution in [0.5, 0.6) is 5.75 Å². The minimum Gasteiger partial charge on any atom is -0.491 e. The lowest BCUT2D eigenvalue weighted by atomic mass is 10.0. The summed E-state index contributed by atoms with van der Waals surface area (Å²) in [6.45, 7) is 6.28. The molecule has 21 heavy (non-hydrogen) atoms. The SMILES string of the molecule is CNC(C)Cc1ccc(-c2ccc(OC(C)C)cc2)cc1. The highest BCUT2D eigenvalue weighted by atomic mass is 16.5. The summed E-state index contributed by atoms with van der Waals surface area (Å²) in [7, 11) is 2.00. The third-order valence-corrected chi connectivity index (χ3v) is 3.55. The minimum atomic E-state index is 0.212. The van der Waals surface area contributed by atoms with Crippen LogP contribution < -0.4 is 10.1 Å². The molecule has 0 fully saturated rings. The maximum atomic E-state index is 5.67. The normalized spacial score (nSPS) is 12.4. The van der Waals surface area contributed by atoms with Crippen molar-refractivity contribution in [2.45, 2.75) is 39.3 Å². The summed E-state index contributed by atoms with van der Waals surface area (Å²) in [4.78, 5) is 0. The third kappa shape index (κ3) is 4.61. The monoisotopic (exact) mass is 283 g/mol. The second-order valence-electron chi connectivity index (χ2n) is 5.78. The van der Waals surface area contributed by atoms with Gasteiger partial charge in [-0.2, -0.15) is 0 Å². The average Bonchev–Trinajstić information content (AvgIpc) is 2.48. The lowest BCUT2D eigenvalue weighted by Gasteiger charge is -2.11. The van der Waals surface area contributed by atoms with Gasteiger partial charge in [0.1, 0.15) is 5.75 Å². The second kappa shape index (κ2) is 7.28. The Morgan fingerprint density at radius 2 is 1.38 bits per heavy atom. The van der Waals surface area contributed by atoms with E-state index in [9.17, 15) is 0 Å². The molecule has 0 saturated carbocycles. The first-order chi connectivity index (χ1) is 10.1. The van der Waals surface area contributed by atoms with Crippen LogP contribution >= 0.6 is 0 Å². The number of hydrogen-bond acceptors (Lipinski definition) is 2. The minimum absolute atomic E-state index is 0.212. The van der Waals surface area contributed by atoms with Crippen LogP contribution in [0.1, 0.15) is 26.3 Å². The quantitative estimate of drug-likeness (QED) is 0.854. The predicted octanol–water partition coefficient (Wildman–Crippen LogP) is 4.29. The summed E-state index contributed by atoms with van der Waals surface area (Å²) in [5.74, 6) is 0.924. The maximum absolute atomic E-state index is 5.67. The Hall–Kier alpha value is -1.80. The molecule has 2 aromatic rings. The van der Waals surface area contributed by atoms with E-state index in [0.717, 1.165) is 12.2 Å². The Bertz CT molecular complexity index is 543. The van der Waals surface area contributed by atoms with E-state index < -0.39 is 0 Å². The molecule has 1 unspecified atom stereocenters. The van der Waals surface area contributed by atoms with E-state index in [0.29, 0.717) is 6.04 Å². The number of benzene rings is 2. The van der Waals surface area contributed by atoms with E-state index in [1.54, 1.807) is 0 Å². The van der Waals surface area contributed by atoms with Crippen molar-refractivity contribution in [2.75, 3.05) is 7.05 Å². The molecule has 2 rings (SSSR count). The van der Waals surface area contributed by atoms with Crippen LogP contribution in [-0.4, -0.2) is 19.2 Å². The van der Waals surface area contributed by atoms with Crippen LogP contribution in [0.2, 0.25) is 0 Å². The molecule has 0 aliphatic heterocycles. The Morgan fingerprint density at radius 3 is 1.86 bits per heavy atom. The van der Waals surface area contributed by atoms with Gasteiger partial charge in [-0.05, 0) is 63.1 Å². The molecule has 112 valence electrons. The fourth-order valence-electron chi connectivity index (χ4n) is 2.29. The number of ether oxygens (including phenoxy) is 1. The van der Waals surface area contributed by atoms with E-state index in [-0.39, 0.29) is 6.10 Å². The maximum Gasteiger partial charge on any atom is 0.119 e. The molecule has 0 spiro atoms. The molecule has 0 bridgehead atoms. The summed E-state index contributed by atoms with van der Waals surface area (Å²) < 4.78 is 5.67. The second-order valence-corrected chi connectivity index (χ2v) is 5.78.